The number of amides is 1. The molecule has 1 amide bonds. The molecule has 1 aromatic carbocycles. The van der Waals surface area contributed by atoms with E-state index in [1.807, 2.05) is 23.1 Å². The molecule has 0 spiro atoms. The van der Waals surface area contributed by atoms with Crippen LogP contribution >= 0.6 is 0 Å². The number of nitrogens with zero attached hydrogens (tertiary/aromatic N) is 1. The summed E-state index contributed by atoms with van der Waals surface area (Å²) in [5.74, 6) is 0.171. The summed E-state index contributed by atoms with van der Waals surface area (Å²) in [7, 11) is 0. The highest BCUT2D eigenvalue weighted by Crippen LogP contribution is 2.36. The van der Waals surface area contributed by atoms with Crippen LogP contribution in [0.4, 0.5) is 0 Å². The van der Waals surface area contributed by atoms with Crippen molar-refractivity contribution in [2.45, 2.75) is 37.8 Å². The summed E-state index contributed by atoms with van der Waals surface area (Å²) in [6.07, 6.45) is 3.86. The van der Waals surface area contributed by atoms with Gasteiger partial charge in [0.15, 0.2) is 0 Å². The number of likely N-dealkylation sites (tertiary alicyclic amines) is 1. The maximum atomic E-state index is 12.9. The zero-order chi connectivity index (χ0) is 14.7. The Morgan fingerprint density at radius 1 is 1.24 bits per heavy atom. The molecule has 2 aliphatic rings. The number of carbonyl (C=O) groups excluding carboxylic acids is 1. The largest absolute Gasteiger partial charge is 0.373 e. The summed E-state index contributed by atoms with van der Waals surface area (Å²) in [6, 6.07) is 10.3. The fourth-order valence-corrected chi connectivity index (χ4v) is 3.59. The number of nitrogens with two attached hydrogens (primary N) is 1. The first kappa shape index (κ1) is 14.5. The van der Waals surface area contributed by atoms with Crippen molar-refractivity contribution in [1.29, 1.82) is 0 Å². The minimum Gasteiger partial charge on any atom is -0.373 e. The van der Waals surface area contributed by atoms with Gasteiger partial charge in [0.2, 0.25) is 5.91 Å². The van der Waals surface area contributed by atoms with E-state index in [9.17, 15) is 4.79 Å². The Hall–Kier alpha value is -1.39. The molecule has 4 heteroatoms. The highest BCUT2D eigenvalue weighted by molar-refractivity contribution is 5.80. The quantitative estimate of drug-likeness (QED) is 0.926. The Morgan fingerprint density at radius 3 is 2.81 bits per heavy atom. The fourth-order valence-electron chi connectivity index (χ4n) is 3.59. The SMILES string of the molecule is NCC1CCCN1C(=O)C1CCCOC1c1ccccc1. The average molecular weight is 288 g/mol. The van der Waals surface area contributed by atoms with Crippen LogP contribution in [0.3, 0.4) is 0 Å². The smallest absolute Gasteiger partial charge is 0.228 e. The average Bonchev–Trinajstić information content (AvgIpc) is 3.03. The Kier molecular flexibility index (Phi) is 4.56. The van der Waals surface area contributed by atoms with Crippen LogP contribution in [0.25, 0.3) is 0 Å². The first-order valence-corrected chi connectivity index (χ1v) is 7.98. The van der Waals surface area contributed by atoms with Gasteiger partial charge in [0.05, 0.1) is 12.0 Å². The van der Waals surface area contributed by atoms with E-state index >= 15 is 0 Å². The molecular weight excluding hydrogens is 264 g/mol. The van der Waals surface area contributed by atoms with Crippen molar-refractivity contribution in [2.75, 3.05) is 19.7 Å². The topological polar surface area (TPSA) is 55.6 Å². The summed E-state index contributed by atoms with van der Waals surface area (Å²) in [5.41, 5.74) is 6.92. The van der Waals surface area contributed by atoms with Gasteiger partial charge in [-0.2, -0.15) is 0 Å². The zero-order valence-electron chi connectivity index (χ0n) is 12.4. The summed E-state index contributed by atoms with van der Waals surface area (Å²) >= 11 is 0. The second kappa shape index (κ2) is 6.58. The van der Waals surface area contributed by atoms with Crippen molar-refractivity contribution in [3.63, 3.8) is 0 Å². The Labute approximate surface area is 126 Å². The zero-order valence-corrected chi connectivity index (χ0v) is 12.4. The molecule has 0 bridgehead atoms. The second-order valence-electron chi connectivity index (χ2n) is 6.01. The van der Waals surface area contributed by atoms with Crippen LogP contribution in [-0.2, 0) is 9.53 Å². The molecule has 3 rings (SSSR count). The molecule has 21 heavy (non-hydrogen) atoms. The number of carbonyl (C=O) groups is 1. The van der Waals surface area contributed by atoms with E-state index < -0.39 is 0 Å². The summed E-state index contributed by atoms with van der Waals surface area (Å²) in [4.78, 5) is 14.9. The fraction of sp³-hybridized carbons (Fsp3) is 0.588. The van der Waals surface area contributed by atoms with Crippen molar-refractivity contribution in [3.8, 4) is 0 Å². The molecule has 2 heterocycles. The lowest BCUT2D eigenvalue weighted by molar-refractivity contribution is -0.146. The van der Waals surface area contributed by atoms with Gasteiger partial charge in [0.25, 0.3) is 0 Å². The van der Waals surface area contributed by atoms with E-state index in [4.69, 9.17) is 10.5 Å². The first-order chi connectivity index (χ1) is 10.3. The number of ether oxygens (including phenoxy) is 1. The molecule has 2 aliphatic heterocycles. The van der Waals surface area contributed by atoms with Crippen molar-refractivity contribution in [1.82, 2.24) is 4.90 Å². The molecular formula is C17H24N2O2. The lowest BCUT2D eigenvalue weighted by Crippen LogP contribution is -2.45. The van der Waals surface area contributed by atoms with Crippen molar-refractivity contribution >= 4 is 5.91 Å². The highest BCUT2D eigenvalue weighted by Gasteiger charge is 2.38. The lowest BCUT2D eigenvalue weighted by Gasteiger charge is -2.35. The van der Waals surface area contributed by atoms with E-state index in [1.165, 1.54) is 0 Å². The minimum atomic E-state index is -0.105. The molecule has 1 aromatic rings. The molecule has 2 fully saturated rings. The summed E-state index contributed by atoms with van der Waals surface area (Å²) in [6.45, 7) is 2.15. The van der Waals surface area contributed by atoms with Gasteiger partial charge in [-0.25, -0.2) is 0 Å². The van der Waals surface area contributed by atoms with Gasteiger partial charge in [0.1, 0.15) is 0 Å². The van der Waals surface area contributed by atoms with Crippen LogP contribution in [0.15, 0.2) is 30.3 Å². The molecule has 0 radical (unpaired) electrons. The van der Waals surface area contributed by atoms with Crippen LogP contribution in [0.1, 0.15) is 37.4 Å². The van der Waals surface area contributed by atoms with E-state index in [0.717, 1.165) is 44.4 Å². The van der Waals surface area contributed by atoms with Gasteiger partial charge in [0, 0.05) is 25.7 Å². The molecule has 0 aromatic heterocycles. The molecule has 0 aliphatic carbocycles. The van der Waals surface area contributed by atoms with Gasteiger partial charge in [-0.15, -0.1) is 0 Å². The van der Waals surface area contributed by atoms with E-state index in [2.05, 4.69) is 12.1 Å². The van der Waals surface area contributed by atoms with Gasteiger partial charge in [-0.3, -0.25) is 4.79 Å². The highest BCUT2D eigenvalue weighted by atomic mass is 16.5. The monoisotopic (exact) mass is 288 g/mol. The molecule has 2 N–H and O–H groups in total. The predicted octanol–water partition coefficient (Wildman–Crippen LogP) is 2.10. The number of hydrogen-bond acceptors (Lipinski definition) is 3. The molecule has 114 valence electrons. The molecule has 3 atom stereocenters. The third kappa shape index (κ3) is 2.97. The predicted molar refractivity (Wildman–Crippen MR) is 81.6 cm³/mol. The van der Waals surface area contributed by atoms with Crippen LogP contribution in [0.2, 0.25) is 0 Å². The van der Waals surface area contributed by atoms with E-state index in [0.29, 0.717) is 6.54 Å². The third-order valence-corrected chi connectivity index (χ3v) is 4.70. The molecule has 4 nitrogen and oxygen atoms in total. The van der Waals surface area contributed by atoms with Gasteiger partial charge in [-0.05, 0) is 31.2 Å². The maximum Gasteiger partial charge on any atom is 0.228 e. The number of benzene rings is 1. The standard InChI is InChI=1S/C17H24N2O2/c18-12-14-8-4-10-19(14)17(20)15-9-5-11-21-16(15)13-6-2-1-3-7-13/h1-3,6-7,14-16H,4-5,8-12,18H2. The minimum absolute atomic E-state index is 0.0618. The Morgan fingerprint density at radius 2 is 2.05 bits per heavy atom. The lowest BCUT2D eigenvalue weighted by atomic mass is 9.88. The third-order valence-electron chi connectivity index (χ3n) is 4.70. The van der Waals surface area contributed by atoms with Crippen molar-refractivity contribution < 1.29 is 9.53 Å². The van der Waals surface area contributed by atoms with E-state index in [1.54, 1.807) is 0 Å². The van der Waals surface area contributed by atoms with Gasteiger partial charge in [-0.1, -0.05) is 30.3 Å². The maximum absolute atomic E-state index is 12.9. The number of rotatable bonds is 3. The Bertz CT molecular complexity index is 477. The molecule has 3 unspecified atom stereocenters. The van der Waals surface area contributed by atoms with Crippen LogP contribution in [0.5, 0.6) is 0 Å². The first-order valence-electron chi connectivity index (χ1n) is 7.98. The molecule has 2 saturated heterocycles. The normalized spacial score (nSPS) is 29.6. The van der Waals surface area contributed by atoms with Crippen molar-refractivity contribution in [2.24, 2.45) is 11.7 Å². The number of hydrogen-bond donors (Lipinski definition) is 1. The second-order valence-corrected chi connectivity index (χ2v) is 6.01. The van der Waals surface area contributed by atoms with Crippen LogP contribution in [-0.4, -0.2) is 36.5 Å². The van der Waals surface area contributed by atoms with E-state index in [-0.39, 0.29) is 24.0 Å². The van der Waals surface area contributed by atoms with Crippen LogP contribution in [0, 0.1) is 5.92 Å². The molecule has 0 saturated carbocycles. The summed E-state index contributed by atoms with van der Waals surface area (Å²) < 4.78 is 5.95. The summed E-state index contributed by atoms with van der Waals surface area (Å²) in [5, 5.41) is 0. The van der Waals surface area contributed by atoms with Gasteiger partial charge < -0.3 is 15.4 Å². The van der Waals surface area contributed by atoms with Crippen molar-refractivity contribution in [3.05, 3.63) is 35.9 Å². The van der Waals surface area contributed by atoms with Crippen LogP contribution < -0.4 is 5.73 Å². The Balaban J connectivity index is 1.79. The van der Waals surface area contributed by atoms with Gasteiger partial charge >= 0.3 is 0 Å².